The molecule has 1 N–H and O–H groups in total. The van der Waals surface area contributed by atoms with Crippen molar-refractivity contribution >= 4 is 23.7 Å². The van der Waals surface area contributed by atoms with E-state index in [-0.39, 0.29) is 11.9 Å². The number of hydrogen-bond acceptors (Lipinski definition) is 3. The molecule has 1 fully saturated rings. The van der Waals surface area contributed by atoms with Gasteiger partial charge in [-0.25, -0.2) is 4.79 Å². The quantitative estimate of drug-likeness (QED) is 0.663. The average Bonchev–Trinajstić information content (AvgIpc) is 2.64. The van der Waals surface area contributed by atoms with E-state index in [4.69, 9.17) is 0 Å². The molecule has 1 saturated heterocycles. The lowest BCUT2D eigenvalue weighted by atomic mass is 9.92. The van der Waals surface area contributed by atoms with Crippen molar-refractivity contribution in [2.75, 3.05) is 18.6 Å². The summed E-state index contributed by atoms with van der Waals surface area (Å²) in [6, 6.07) is 9.07. The Morgan fingerprint density at radius 2 is 1.95 bits per heavy atom. The number of benzene rings is 1. The van der Waals surface area contributed by atoms with Crippen LogP contribution in [0.25, 0.3) is 0 Å². The number of amides is 3. The summed E-state index contributed by atoms with van der Waals surface area (Å²) in [5.74, 6) is 0.781. The van der Waals surface area contributed by atoms with Crippen LogP contribution in [0.2, 0.25) is 0 Å². The number of hydrogen-bond donors (Lipinski definition) is 1. The summed E-state index contributed by atoms with van der Waals surface area (Å²) in [5, 5.41) is 2.80. The van der Waals surface area contributed by atoms with Crippen LogP contribution in [-0.4, -0.2) is 35.4 Å². The van der Waals surface area contributed by atoms with E-state index in [1.54, 1.807) is 18.7 Å². The van der Waals surface area contributed by atoms with Gasteiger partial charge < -0.3 is 5.32 Å². The van der Waals surface area contributed by atoms with E-state index < -0.39 is 5.54 Å². The van der Waals surface area contributed by atoms with Crippen LogP contribution >= 0.6 is 11.8 Å². The van der Waals surface area contributed by atoms with Gasteiger partial charge in [0, 0.05) is 6.54 Å². The maximum atomic E-state index is 12.5. The van der Waals surface area contributed by atoms with Gasteiger partial charge in [-0.3, -0.25) is 9.69 Å². The first-order chi connectivity index (χ1) is 9.09. The second-order valence-electron chi connectivity index (χ2n) is 4.72. The fourth-order valence-corrected chi connectivity index (χ4v) is 2.65. The molecule has 0 saturated carbocycles. The second kappa shape index (κ2) is 5.65. The molecule has 1 heterocycles. The van der Waals surface area contributed by atoms with Crippen LogP contribution in [0.5, 0.6) is 0 Å². The Morgan fingerprint density at radius 3 is 2.58 bits per heavy atom. The molecule has 1 aliphatic rings. The Morgan fingerprint density at radius 1 is 1.26 bits per heavy atom. The van der Waals surface area contributed by atoms with Crippen molar-refractivity contribution in [3.05, 3.63) is 35.9 Å². The third kappa shape index (κ3) is 2.61. The zero-order chi connectivity index (χ0) is 13.9. The normalized spacial score (nSPS) is 22.7. The van der Waals surface area contributed by atoms with E-state index >= 15 is 0 Å². The number of nitrogens with zero attached hydrogens (tertiary/aromatic N) is 1. The summed E-state index contributed by atoms with van der Waals surface area (Å²) >= 11 is 1.71. The van der Waals surface area contributed by atoms with Crippen LogP contribution < -0.4 is 5.32 Å². The third-order valence-corrected chi connectivity index (χ3v) is 4.05. The van der Waals surface area contributed by atoms with Crippen LogP contribution in [0, 0.1) is 0 Å². The molecule has 1 aromatic carbocycles. The molecule has 0 bridgehead atoms. The summed E-state index contributed by atoms with van der Waals surface area (Å²) in [6.45, 7) is 2.24. The summed E-state index contributed by atoms with van der Waals surface area (Å²) in [4.78, 5) is 25.7. The molecule has 1 aliphatic heterocycles. The summed E-state index contributed by atoms with van der Waals surface area (Å²) in [6.07, 6.45) is 2.84. The minimum atomic E-state index is -0.933. The van der Waals surface area contributed by atoms with Crippen LogP contribution in [0.3, 0.4) is 0 Å². The molecule has 5 heteroatoms. The highest BCUT2D eigenvalue weighted by Crippen LogP contribution is 2.28. The predicted molar refractivity (Wildman–Crippen MR) is 77.0 cm³/mol. The standard InChI is InChI=1S/C14H18N2O2S/c1-14(11-7-4-3-5-8-11)12(17)16(13(18)15-14)9-6-10-19-2/h3-5,7-8H,6,9-10H2,1-2H3,(H,15,18). The zero-order valence-electron chi connectivity index (χ0n) is 11.2. The molecule has 0 aliphatic carbocycles. The lowest BCUT2D eigenvalue weighted by Crippen LogP contribution is -2.40. The maximum absolute atomic E-state index is 12.5. The van der Waals surface area contributed by atoms with Gasteiger partial charge in [-0.15, -0.1) is 0 Å². The average molecular weight is 278 g/mol. The largest absolute Gasteiger partial charge is 0.325 e. The number of carbonyl (C=O) groups excluding carboxylic acids is 2. The van der Waals surface area contributed by atoms with Crippen LogP contribution in [0.4, 0.5) is 4.79 Å². The van der Waals surface area contributed by atoms with Gasteiger partial charge in [0.2, 0.25) is 0 Å². The highest BCUT2D eigenvalue weighted by atomic mass is 32.2. The van der Waals surface area contributed by atoms with Crippen LogP contribution in [0.15, 0.2) is 30.3 Å². The molecule has 102 valence electrons. The van der Waals surface area contributed by atoms with E-state index in [1.165, 1.54) is 4.90 Å². The SMILES string of the molecule is CSCCCN1C(=O)NC(C)(c2ccccc2)C1=O. The molecule has 1 unspecified atom stereocenters. The molecule has 0 aromatic heterocycles. The Labute approximate surface area is 117 Å². The minimum Gasteiger partial charge on any atom is -0.319 e. The predicted octanol–water partition coefficient (Wildman–Crippen LogP) is 2.21. The van der Waals surface area contributed by atoms with Gasteiger partial charge in [0.1, 0.15) is 5.54 Å². The van der Waals surface area contributed by atoms with E-state index in [0.717, 1.165) is 17.7 Å². The topological polar surface area (TPSA) is 49.4 Å². The highest BCUT2D eigenvalue weighted by molar-refractivity contribution is 7.98. The van der Waals surface area contributed by atoms with Gasteiger partial charge in [0.05, 0.1) is 0 Å². The van der Waals surface area contributed by atoms with Crippen molar-refractivity contribution in [3.8, 4) is 0 Å². The molecule has 4 nitrogen and oxygen atoms in total. The van der Waals surface area contributed by atoms with Crippen LogP contribution in [0.1, 0.15) is 18.9 Å². The minimum absolute atomic E-state index is 0.162. The smallest absolute Gasteiger partial charge is 0.319 e. The zero-order valence-corrected chi connectivity index (χ0v) is 12.0. The monoisotopic (exact) mass is 278 g/mol. The van der Waals surface area contributed by atoms with E-state index in [0.29, 0.717) is 6.54 Å². The molecular formula is C14H18N2O2S. The number of urea groups is 1. The van der Waals surface area contributed by atoms with Crippen molar-refractivity contribution in [1.29, 1.82) is 0 Å². The van der Waals surface area contributed by atoms with Crippen LogP contribution in [-0.2, 0) is 10.3 Å². The summed E-state index contributed by atoms with van der Waals surface area (Å²) < 4.78 is 0. The lowest BCUT2D eigenvalue weighted by molar-refractivity contribution is -0.131. The van der Waals surface area contributed by atoms with E-state index in [2.05, 4.69) is 5.32 Å². The number of rotatable bonds is 5. The first-order valence-electron chi connectivity index (χ1n) is 6.28. The van der Waals surface area contributed by atoms with Gasteiger partial charge in [-0.2, -0.15) is 11.8 Å². The van der Waals surface area contributed by atoms with Crippen molar-refractivity contribution in [2.45, 2.75) is 18.9 Å². The van der Waals surface area contributed by atoms with E-state index in [1.807, 2.05) is 36.6 Å². The number of carbonyl (C=O) groups is 2. The fraction of sp³-hybridized carbons (Fsp3) is 0.429. The number of nitrogens with one attached hydrogen (secondary N) is 1. The Kier molecular flexibility index (Phi) is 4.14. The first-order valence-corrected chi connectivity index (χ1v) is 7.67. The lowest BCUT2D eigenvalue weighted by Gasteiger charge is -2.22. The molecule has 0 spiro atoms. The van der Waals surface area contributed by atoms with Gasteiger partial charge in [0.15, 0.2) is 0 Å². The van der Waals surface area contributed by atoms with Gasteiger partial charge in [-0.1, -0.05) is 30.3 Å². The second-order valence-corrected chi connectivity index (χ2v) is 5.71. The van der Waals surface area contributed by atoms with Gasteiger partial charge in [0.25, 0.3) is 5.91 Å². The summed E-state index contributed by atoms with van der Waals surface area (Å²) in [5.41, 5.74) is -0.113. The van der Waals surface area contributed by atoms with Crippen molar-refractivity contribution in [1.82, 2.24) is 10.2 Å². The van der Waals surface area contributed by atoms with Gasteiger partial charge in [-0.05, 0) is 30.9 Å². The number of imide groups is 1. The Balaban J connectivity index is 2.17. The molecule has 3 amide bonds. The maximum Gasteiger partial charge on any atom is 0.325 e. The molecule has 19 heavy (non-hydrogen) atoms. The van der Waals surface area contributed by atoms with Crippen molar-refractivity contribution < 1.29 is 9.59 Å². The van der Waals surface area contributed by atoms with Crippen molar-refractivity contribution in [3.63, 3.8) is 0 Å². The molecule has 2 rings (SSSR count). The third-order valence-electron chi connectivity index (χ3n) is 3.36. The Bertz CT molecular complexity index is 478. The Hall–Kier alpha value is -1.49. The molecular weight excluding hydrogens is 260 g/mol. The van der Waals surface area contributed by atoms with E-state index in [9.17, 15) is 9.59 Å². The first kappa shape index (κ1) is 13.9. The highest BCUT2D eigenvalue weighted by Gasteiger charge is 2.48. The summed E-state index contributed by atoms with van der Waals surface area (Å²) in [7, 11) is 0. The molecule has 1 aromatic rings. The number of thioether (sulfide) groups is 1. The molecule has 0 radical (unpaired) electrons. The molecule has 1 atom stereocenters. The van der Waals surface area contributed by atoms with Crippen molar-refractivity contribution in [2.24, 2.45) is 0 Å². The fourth-order valence-electron chi connectivity index (χ4n) is 2.23. The van der Waals surface area contributed by atoms with Gasteiger partial charge >= 0.3 is 6.03 Å².